The predicted molar refractivity (Wildman–Crippen MR) is 76.2 cm³/mol. The Kier molecular flexibility index (Phi) is 6.02. The van der Waals surface area contributed by atoms with Gasteiger partial charge in [0.2, 0.25) is 11.8 Å². The summed E-state index contributed by atoms with van der Waals surface area (Å²) in [5.41, 5.74) is 3.72. The van der Waals surface area contributed by atoms with Crippen LogP contribution in [0.3, 0.4) is 0 Å². The molecule has 0 aromatic heterocycles. The molecule has 1 rings (SSSR count). The maximum atomic E-state index is 11.6. The van der Waals surface area contributed by atoms with Gasteiger partial charge in [-0.3, -0.25) is 9.59 Å². The van der Waals surface area contributed by atoms with Crippen LogP contribution in [0.4, 0.5) is 5.69 Å². The van der Waals surface area contributed by atoms with E-state index in [2.05, 4.69) is 15.8 Å². The van der Waals surface area contributed by atoms with Crippen LogP contribution in [-0.4, -0.2) is 17.5 Å². The summed E-state index contributed by atoms with van der Waals surface area (Å²) in [6.45, 7) is 3.73. The number of hydrazone groups is 1. The topological polar surface area (TPSA) is 70.6 Å². The van der Waals surface area contributed by atoms with E-state index in [-0.39, 0.29) is 6.42 Å². The number of benzene rings is 1. The molecular formula is C13H16ClN3O2. The molecular weight excluding hydrogens is 266 g/mol. The molecule has 2 N–H and O–H groups in total. The minimum absolute atomic E-state index is 0.275. The van der Waals surface area contributed by atoms with E-state index in [0.717, 1.165) is 12.1 Å². The molecule has 0 aliphatic heterocycles. The van der Waals surface area contributed by atoms with E-state index in [4.69, 9.17) is 11.6 Å². The minimum Gasteiger partial charge on any atom is -0.326 e. The van der Waals surface area contributed by atoms with Gasteiger partial charge >= 0.3 is 0 Å². The van der Waals surface area contributed by atoms with Crippen molar-refractivity contribution in [2.45, 2.75) is 26.7 Å². The van der Waals surface area contributed by atoms with Gasteiger partial charge in [-0.15, -0.1) is 0 Å². The van der Waals surface area contributed by atoms with E-state index in [1.165, 1.54) is 0 Å². The fourth-order valence-corrected chi connectivity index (χ4v) is 1.29. The highest BCUT2D eigenvalue weighted by atomic mass is 35.5. The predicted octanol–water partition coefficient (Wildman–Crippen LogP) is 2.57. The Morgan fingerprint density at radius 1 is 1.21 bits per heavy atom. The van der Waals surface area contributed by atoms with Gasteiger partial charge in [-0.1, -0.05) is 18.5 Å². The number of anilines is 1. The van der Waals surface area contributed by atoms with Crippen molar-refractivity contribution >= 4 is 34.8 Å². The number of amides is 2. The van der Waals surface area contributed by atoms with Crippen LogP contribution in [0.2, 0.25) is 5.02 Å². The second-order valence-electron chi connectivity index (χ2n) is 3.97. The highest BCUT2D eigenvalue weighted by Crippen LogP contribution is 2.13. The summed E-state index contributed by atoms with van der Waals surface area (Å²) in [4.78, 5) is 23.0. The minimum atomic E-state index is -0.445. The van der Waals surface area contributed by atoms with E-state index in [1.54, 1.807) is 31.2 Å². The fourth-order valence-electron chi connectivity index (χ4n) is 1.16. The Balaban J connectivity index is 2.43. The first kappa shape index (κ1) is 15.2. The van der Waals surface area contributed by atoms with E-state index in [1.807, 2.05) is 6.92 Å². The standard InChI is InChI=1S/C13H16ClN3O2/c1-3-9(2)16-17-13(19)8-12(18)15-11-6-4-10(14)5-7-11/h4-7H,3,8H2,1-2H3,(H,15,18)(H,17,19)/b16-9+. The van der Waals surface area contributed by atoms with Crippen molar-refractivity contribution in [3.63, 3.8) is 0 Å². The fraction of sp³-hybridized carbons (Fsp3) is 0.308. The summed E-state index contributed by atoms with van der Waals surface area (Å²) in [5.74, 6) is -0.844. The molecule has 102 valence electrons. The van der Waals surface area contributed by atoms with Gasteiger partial charge in [0.15, 0.2) is 0 Å². The number of halogens is 1. The Morgan fingerprint density at radius 3 is 2.42 bits per heavy atom. The van der Waals surface area contributed by atoms with Crippen molar-refractivity contribution in [1.82, 2.24) is 5.43 Å². The molecule has 6 heteroatoms. The molecule has 0 aliphatic carbocycles. The maximum absolute atomic E-state index is 11.6. The molecule has 19 heavy (non-hydrogen) atoms. The van der Waals surface area contributed by atoms with Crippen molar-refractivity contribution in [3.05, 3.63) is 29.3 Å². The molecule has 1 aromatic rings. The van der Waals surface area contributed by atoms with Crippen LogP contribution in [0.25, 0.3) is 0 Å². The summed E-state index contributed by atoms with van der Waals surface area (Å²) >= 11 is 5.73. The molecule has 0 radical (unpaired) electrons. The Labute approximate surface area is 117 Å². The quantitative estimate of drug-likeness (QED) is 0.495. The maximum Gasteiger partial charge on any atom is 0.249 e. The Hall–Kier alpha value is -1.88. The third-order valence-electron chi connectivity index (χ3n) is 2.33. The van der Waals surface area contributed by atoms with Gasteiger partial charge in [0.25, 0.3) is 0 Å². The summed E-state index contributed by atoms with van der Waals surface area (Å²) in [5, 5.41) is 7.01. The molecule has 5 nitrogen and oxygen atoms in total. The number of nitrogens with one attached hydrogen (secondary N) is 2. The summed E-state index contributed by atoms with van der Waals surface area (Å²) in [7, 11) is 0. The lowest BCUT2D eigenvalue weighted by atomic mass is 10.3. The van der Waals surface area contributed by atoms with Gasteiger partial charge in [0, 0.05) is 16.4 Å². The highest BCUT2D eigenvalue weighted by Gasteiger charge is 2.09. The third-order valence-corrected chi connectivity index (χ3v) is 2.58. The number of hydrogen-bond donors (Lipinski definition) is 2. The molecule has 0 unspecified atom stereocenters. The zero-order valence-corrected chi connectivity index (χ0v) is 11.6. The van der Waals surface area contributed by atoms with Crippen LogP contribution in [0.1, 0.15) is 26.7 Å². The van der Waals surface area contributed by atoms with Crippen LogP contribution >= 0.6 is 11.6 Å². The molecule has 0 heterocycles. The van der Waals surface area contributed by atoms with Crippen LogP contribution < -0.4 is 10.7 Å². The second kappa shape index (κ2) is 7.53. The van der Waals surface area contributed by atoms with E-state index < -0.39 is 11.8 Å². The van der Waals surface area contributed by atoms with Crippen molar-refractivity contribution in [2.24, 2.45) is 5.10 Å². The molecule has 0 bridgehead atoms. The summed E-state index contributed by atoms with van der Waals surface area (Å²) < 4.78 is 0. The highest BCUT2D eigenvalue weighted by molar-refractivity contribution is 6.30. The van der Waals surface area contributed by atoms with Crippen LogP contribution in [0, 0.1) is 0 Å². The molecule has 0 spiro atoms. The third kappa shape index (κ3) is 6.01. The normalized spacial score (nSPS) is 11.0. The van der Waals surface area contributed by atoms with Crippen molar-refractivity contribution < 1.29 is 9.59 Å². The van der Waals surface area contributed by atoms with Gasteiger partial charge in [0.1, 0.15) is 6.42 Å². The lowest BCUT2D eigenvalue weighted by molar-refractivity contribution is -0.126. The number of carbonyl (C=O) groups excluding carboxylic acids is 2. The Bertz CT molecular complexity index is 483. The van der Waals surface area contributed by atoms with E-state index in [9.17, 15) is 9.59 Å². The smallest absolute Gasteiger partial charge is 0.249 e. The van der Waals surface area contributed by atoms with Gasteiger partial charge in [-0.05, 0) is 37.6 Å². The average Bonchev–Trinajstić information content (AvgIpc) is 2.38. The molecule has 0 saturated carbocycles. The number of hydrogen-bond acceptors (Lipinski definition) is 3. The number of rotatable bonds is 5. The van der Waals surface area contributed by atoms with Gasteiger partial charge in [-0.25, -0.2) is 5.43 Å². The first-order valence-corrected chi connectivity index (χ1v) is 6.26. The van der Waals surface area contributed by atoms with Crippen molar-refractivity contribution in [2.75, 3.05) is 5.32 Å². The average molecular weight is 282 g/mol. The number of nitrogens with zero attached hydrogens (tertiary/aromatic N) is 1. The Morgan fingerprint density at radius 2 is 1.84 bits per heavy atom. The molecule has 0 atom stereocenters. The van der Waals surface area contributed by atoms with E-state index in [0.29, 0.717) is 10.7 Å². The molecule has 1 aromatic carbocycles. The van der Waals surface area contributed by atoms with Crippen molar-refractivity contribution in [1.29, 1.82) is 0 Å². The first-order valence-electron chi connectivity index (χ1n) is 5.88. The lowest BCUT2D eigenvalue weighted by Gasteiger charge is -2.04. The van der Waals surface area contributed by atoms with Gasteiger partial charge in [-0.2, -0.15) is 5.10 Å². The second-order valence-corrected chi connectivity index (χ2v) is 4.40. The lowest BCUT2D eigenvalue weighted by Crippen LogP contribution is -2.25. The molecule has 0 fully saturated rings. The monoisotopic (exact) mass is 281 g/mol. The van der Waals surface area contributed by atoms with Crippen LogP contribution in [0.15, 0.2) is 29.4 Å². The summed E-state index contributed by atoms with van der Waals surface area (Å²) in [6, 6.07) is 6.65. The zero-order chi connectivity index (χ0) is 14.3. The molecule has 2 amide bonds. The molecule has 0 saturated heterocycles. The summed E-state index contributed by atoms with van der Waals surface area (Å²) in [6.07, 6.45) is 0.473. The molecule has 0 aliphatic rings. The number of carbonyl (C=O) groups is 2. The largest absolute Gasteiger partial charge is 0.326 e. The van der Waals surface area contributed by atoms with E-state index >= 15 is 0 Å². The van der Waals surface area contributed by atoms with Crippen LogP contribution in [-0.2, 0) is 9.59 Å². The van der Waals surface area contributed by atoms with Gasteiger partial charge in [0.05, 0.1) is 0 Å². The van der Waals surface area contributed by atoms with Gasteiger partial charge < -0.3 is 5.32 Å². The van der Waals surface area contributed by atoms with Crippen LogP contribution in [0.5, 0.6) is 0 Å². The SMILES string of the molecule is CC/C(C)=N/NC(=O)CC(=O)Nc1ccc(Cl)cc1. The first-order chi connectivity index (χ1) is 9.01. The zero-order valence-electron chi connectivity index (χ0n) is 10.9. The van der Waals surface area contributed by atoms with Crippen molar-refractivity contribution in [3.8, 4) is 0 Å².